The van der Waals surface area contributed by atoms with Crippen LogP contribution in [-0.4, -0.2) is 44.4 Å². The summed E-state index contributed by atoms with van der Waals surface area (Å²) in [5.41, 5.74) is 1.41. The van der Waals surface area contributed by atoms with Crippen LogP contribution in [0.4, 0.5) is 10.5 Å². The third kappa shape index (κ3) is 6.57. The van der Waals surface area contributed by atoms with Gasteiger partial charge in [0.25, 0.3) is 10.0 Å². The van der Waals surface area contributed by atoms with Gasteiger partial charge in [-0.3, -0.25) is 4.31 Å². The number of phenols is 1. The SMILES string of the molecule is CCCN(Cc1cccc(N(CC(C)C)S(=O)(=O)c2ccc3c(c2)OCO3)c1O)C(=O)OCc1ccccc1. The molecule has 0 fully saturated rings. The van der Waals surface area contributed by atoms with Gasteiger partial charge in [-0.1, -0.05) is 63.2 Å². The largest absolute Gasteiger partial charge is 0.505 e. The molecule has 0 saturated heterocycles. The molecule has 1 heterocycles. The van der Waals surface area contributed by atoms with Gasteiger partial charge in [0.15, 0.2) is 11.5 Å². The highest BCUT2D eigenvalue weighted by Crippen LogP contribution is 2.39. The summed E-state index contributed by atoms with van der Waals surface area (Å²) in [7, 11) is -4.07. The summed E-state index contributed by atoms with van der Waals surface area (Å²) < 4.78 is 45.0. The van der Waals surface area contributed by atoms with E-state index in [-0.39, 0.29) is 48.7 Å². The number of amides is 1. The molecule has 0 radical (unpaired) electrons. The van der Waals surface area contributed by atoms with Gasteiger partial charge in [-0.15, -0.1) is 0 Å². The molecular weight excluding hydrogens is 520 g/mol. The van der Waals surface area contributed by atoms with Crippen LogP contribution in [0.5, 0.6) is 17.2 Å². The highest BCUT2D eigenvalue weighted by molar-refractivity contribution is 7.92. The normalized spacial score (nSPS) is 12.4. The molecule has 0 saturated carbocycles. The van der Waals surface area contributed by atoms with Crippen molar-refractivity contribution in [2.24, 2.45) is 5.92 Å². The van der Waals surface area contributed by atoms with Crippen molar-refractivity contribution in [2.75, 3.05) is 24.2 Å². The number of carbonyl (C=O) groups is 1. The van der Waals surface area contributed by atoms with E-state index < -0.39 is 16.1 Å². The molecule has 208 valence electrons. The molecule has 1 amide bonds. The van der Waals surface area contributed by atoms with Crippen molar-refractivity contribution in [3.8, 4) is 17.2 Å². The van der Waals surface area contributed by atoms with Crippen LogP contribution >= 0.6 is 0 Å². The molecule has 0 bridgehead atoms. The number of para-hydroxylation sites is 1. The van der Waals surface area contributed by atoms with Gasteiger partial charge in [0.1, 0.15) is 12.4 Å². The third-order valence-corrected chi connectivity index (χ3v) is 7.92. The molecule has 0 atom stereocenters. The smallest absolute Gasteiger partial charge is 0.410 e. The van der Waals surface area contributed by atoms with Crippen LogP contribution in [0.15, 0.2) is 71.6 Å². The van der Waals surface area contributed by atoms with E-state index in [1.807, 2.05) is 51.1 Å². The number of nitrogens with zero attached hydrogens (tertiary/aromatic N) is 2. The van der Waals surface area contributed by atoms with Crippen LogP contribution in [0.3, 0.4) is 0 Å². The quantitative estimate of drug-likeness (QED) is 0.333. The highest BCUT2D eigenvalue weighted by Gasteiger charge is 2.30. The second-order valence-electron chi connectivity index (χ2n) is 9.69. The number of fused-ring (bicyclic) bond motifs is 1. The van der Waals surface area contributed by atoms with Gasteiger partial charge < -0.3 is 24.2 Å². The second-order valence-corrected chi connectivity index (χ2v) is 11.6. The average Bonchev–Trinajstić information content (AvgIpc) is 3.40. The Hall–Kier alpha value is -3.92. The summed E-state index contributed by atoms with van der Waals surface area (Å²) in [6.45, 7) is 6.48. The van der Waals surface area contributed by atoms with Crippen molar-refractivity contribution >= 4 is 21.8 Å². The van der Waals surface area contributed by atoms with Gasteiger partial charge in [-0.05, 0) is 36.1 Å². The third-order valence-electron chi connectivity index (χ3n) is 6.15. The first-order chi connectivity index (χ1) is 18.7. The van der Waals surface area contributed by atoms with Crippen LogP contribution in [0, 0.1) is 5.92 Å². The lowest BCUT2D eigenvalue weighted by Gasteiger charge is -2.28. The van der Waals surface area contributed by atoms with Gasteiger partial charge >= 0.3 is 6.09 Å². The molecule has 39 heavy (non-hydrogen) atoms. The molecule has 0 spiro atoms. The summed E-state index contributed by atoms with van der Waals surface area (Å²) in [5, 5.41) is 11.3. The number of hydrogen-bond donors (Lipinski definition) is 1. The maximum absolute atomic E-state index is 13.8. The molecule has 0 unspecified atom stereocenters. The van der Waals surface area contributed by atoms with E-state index in [0.717, 1.165) is 5.56 Å². The van der Waals surface area contributed by atoms with Crippen LogP contribution in [0.2, 0.25) is 0 Å². The Morgan fingerprint density at radius 3 is 2.49 bits per heavy atom. The van der Waals surface area contributed by atoms with Gasteiger partial charge in [0.2, 0.25) is 6.79 Å². The molecule has 4 rings (SSSR count). The number of phenolic OH excluding ortho intramolecular Hbond substituents is 1. The number of carbonyl (C=O) groups excluding carboxylic acids is 1. The Labute approximate surface area is 229 Å². The zero-order valence-electron chi connectivity index (χ0n) is 22.4. The zero-order valence-corrected chi connectivity index (χ0v) is 23.2. The summed E-state index contributed by atoms with van der Waals surface area (Å²) >= 11 is 0. The van der Waals surface area contributed by atoms with Crippen molar-refractivity contribution < 1.29 is 32.5 Å². The molecule has 1 N–H and O–H groups in total. The fourth-order valence-corrected chi connectivity index (χ4v) is 5.90. The van der Waals surface area contributed by atoms with Gasteiger partial charge in [0.05, 0.1) is 17.1 Å². The van der Waals surface area contributed by atoms with E-state index in [1.165, 1.54) is 21.3 Å². The number of rotatable bonds is 11. The van der Waals surface area contributed by atoms with Crippen molar-refractivity contribution in [1.29, 1.82) is 0 Å². The lowest BCUT2D eigenvalue weighted by Crippen LogP contribution is -2.35. The Balaban J connectivity index is 1.61. The number of ether oxygens (including phenoxy) is 3. The van der Waals surface area contributed by atoms with E-state index >= 15 is 0 Å². The molecule has 10 heteroatoms. The van der Waals surface area contributed by atoms with Crippen molar-refractivity contribution in [1.82, 2.24) is 4.90 Å². The number of hydrogen-bond acceptors (Lipinski definition) is 7. The van der Waals surface area contributed by atoms with E-state index in [2.05, 4.69) is 0 Å². The summed E-state index contributed by atoms with van der Waals surface area (Å²) in [5.74, 6) is 0.577. The molecule has 3 aromatic carbocycles. The molecular formula is C29H34N2O7S. The molecule has 1 aliphatic heterocycles. The Morgan fingerprint density at radius 2 is 1.77 bits per heavy atom. The van der Waals surface area contributed by atoms with Crippen LogP contribution in [0.25, 0.3) is 0 Å². The lowest BCUT2D eigenvalue weighted by molar-refractivity contribution is 0.0934. The van der Waals surface area contributed by atoms with Crippen molar-refractivity contribution in [3.63, 3.8) is 0 Å². The van der Waals surface area contributed by atoms with Gasteiger partial charge in [-0.2, -0.15) is 0 Å². The van der Waals surface area contributed by atoms with E-state index in [0.29, 0.717) is 30.0 Å². The maximum atomic E-state index is 13.8. The summed E-state index contributed by atoms with van der Waals surface area (Å²) in [6, 6.07) is 18.7. The molecule has 9 nitrogen and oxygen atoms in total. The first-order valence-corrected chi connectivity index (χ1v) is 14.3. The molecule has 1 aliphatic rings. The monoisotopic (exact) mass is 554 g/mol. The van der Waals surface area contributed by atoms with Gasteiger partial charge in [0, 0.05) is 24.7 Å². The van der Waals surface area contributed by atoms with Gasteiger partial charge in [-0.25, -0.2) is 13.2 Å². The minimum absolute atomic E-state index is 0.0225. The Bertz CT molecular complexity index is 1390. The Kier molecular flexibility index (Phi) is 8.86. The topological polar surface area (TPSA) is 106 Å². The number of anilines is 1. The fraction of sp³-hybridized carbons (Fsp3) is 0.345. The lowest BCUT2D eigenvalue weighted by atomic mass is 10.1. The van der Waals surface area contributed by atoms with Crippen LogP contribution in [0.1, 0.15) is 38.3 Å². The second kappa shape index (κ2) is 12.3. The highest BCUT2D eigenvalue weighted by atomic mass is 32.2. The van der Waals surface area contributed by atoms with Crippen molar-refractivity contribution in [2.45, 2.75) is 45.2 Å². The van der Waals surface area contributed by atoms with E-state index in [4.69, 9.17) is 14.2 Å². The number of sulfonamides is 1. The maximum Gasteiger partial charge on any atom is 0.410 e. The number of aromatic hydroxyl groups is 1. The predicted molar refractivity (Wildman–Crippen MR) is 147 cm³/mol. The zero-order chi connectivity index (χ0) is 28.0. The van der Waals surface area contributed by atoms with Crippen LogP contribution in [-0.2, 0) is 27.9 Å². The number of benzene rings is 3. The van der Waals surface area contributed by atoms with Crippen LogP contribution < -0.4 is 13.8 Å². The van der Waals surface area contributed by atoms with E-state index in [1.54, 1.807) is 24.3 Å². The minimum atomic E-state index is -4.07. The molecule has 0 aromatic heterocycles. The first-order valence-electron chi connectivity index (χ1n) is 12.9. The standard InChI is InChI=1S/C29H34N2O7S/c1-4-15-30(29(33)36-19-22-9-6-5-7-10-22)18-23-11-8-12-25(28(23)32)31(17-21(2)3)39(34,35)24-13-14-26-27(16-24)38-20-37-26/h5-14,16,21,32H,4,15,17-20H2,1-3H3. The minimum Gasteiger partial charge on any atom is -0.505 e. The molecule has 3 aromatic rings. The average molecular weight is 555 g/mol. The summed E-state index contributed by atoms with van der Waals surface area (Å²) in [6.07, 6.45) is 0.163. The fourth-order valence-electron chi connectivity index (χ4n) is 4.25. The first kappa shape index (κ1) is 28.1. The Morgan fingerprint density at radius 1 is 1.03 bits per heavy atom. The van der Waals surface area contributed by atoms with E-state index in [9.17, 15) is 18.3 Å². The van der Waals surface area contributed by atoms with Crippen molar-refractivity contribution in [3.05, 3.63) is 77.9 Å². The molecule has 0 aliphatic carbocycles. The summed E-state index contributed by atoms with van der Waals surface area (Å²) in [4.78, 5) is 14.4. The predicted octanol–water partition coefficient (Wildman–Crippen LogP) is 5.52.